The molecule has 1 fully saturated rings. The van der Waals surface area contributed by atoms with Crippen LogP contribution in [0.2, 0.25) is 0 Å². The topological polar surface area (TPSA) is 125 Å². The fourth-order valence-corrected chi connectivity index (χ4v) is 9.76. The van der Waals surface area contributed by atoms with E-state index < -0.39 is 30.5 Å². The number of aryl methyl sites for hydroxylation is 4. The van der Waals surface area contributed by atoms with E-state index in [1.54, 1.807) is 30.3 Å². The van der Waals surface area contributed by atoms with Crippen LogP contribution in [0.3, 0.4) is 0 Å². The average Bonchev–Trinajstić information content (AvgIpc) is 4.33. The maximum absolute atomic E-state index is 13.5. The van der Waals surface area contributed by atoms with Crippen molar-refractivity contribution in [2.45, 2.75) is 113 Å². The Hall–Kier alpha value is -1.12. The second-order valence-corrected chi connectivity index (χ2v) is 66.6. The molecule has 6 aromatic rings. The molecule has 0 saturated carbocycles. The summed E-state index contributed by atoms with van der Waals surface area (Å²) < 4.78 is 81.8. The van der Waals surface area contributed by atoms with Gasteiger partial charge in [-0.2, -0.15) is 0 Å². The van der Waals surface area contributed by atoms with E-state index in [-0.39, 0.29) is 54.9 Å². The number of nitrogens with one attached hydrogen (secondary N) is 1. The van der Waals surface area contributed by atoms with Crippen LogP contribution in [-0.2, 0) is 57.9 Å². The fraction of sp³-hybridized carbons (Fsp3) is 0.379. The summed E-state index contributed by atoms with van der Waals surface area (Å²) >= 11 is 12.1. The van der Waals surface area contributed by atoms with Crippen LogP contribution < -0.4 is 24.3 Å². The Morgan fingerprint density at radius 2 is 0.875 bits per heavy atom. The van der Waals surface area contributed by atoms with Gasteiger partial charge in [0.2, 0.25) is 0 Å². The molecule has 0 aliphatic carbocycles. The van der Waals surface area contributed by atoms with Gasteiger partial charge < -0.3 is 44.3 Å². The summed E-state index contributed by atoms with van der Waals surface area (Å²) in [6, 6.07) is 38.1. The van der Waals surface area contributed by atoms with Crippen molar-refractivity contribution in [2.75, 3.05) is 26.2 Å². The molecule has 3 radical (unpaired) electrons. The van der Waals surface area contributed by atoms with Gasteiger partial charge in [-0.05, 0) is 158 Å². The molecule has 0 amide bonds. The van der Waals surface area contributed by atoms with Crippen molar-refractivity contribution in [1.82, 2.24) is 10.2 Å². The summed E-state index contributed by atoms with van der Waals surface area (Å²) in [6.07, 6.45) is 2.85. The Bertz CT molecular complexity index is 2740. The van der Waals surface area contributed by atoms with E-state index in [4.69, 9.17) is 23.7 Å². The molecular formula is C58H62BF4I5N2O8V2. The zero-order chi connectivity index (χ0) is 56.3. The molecule has 22 heteroatoms. The van der Waals surface area contributed by atoms with Crippen LogP contribution in [0, 0.1) is 23.3 Å². The predicted octanol–water partition coefficient (Wildman–Crippen LogP) is 12.9. The number of nitrogens with zero attached hydrogens (tertiary/aromatic N) is 1. The van der Waals surface area contributed by atoms with E-state index >= 15 is 0 Å². The predicted molar refractivity (Wildman–Crippen MR) is 340 cm³/mol. The standard InChI is InChI=1S/C29H31F2NO4.C18H20FNO2.C11H11FO2.B.5HI.2V/c30-22-8-12-26-20(14-22)6-10-28(35-26)24(33)17-32(16-19-4-2-1-3-5-19)18-25(34)29-11-7-21-15-23(31)9-13-27(21)36-29;19-15-7-9-17-14(10-15)6-8-18(22-17)16(21)12-20-11-13-4-2-1-3-5-13;12-8-2-4-9-7(5-8)1-3-10(14-9)11-6-13-11;;;;;;;;/h1-5,8-9,12-15,24-25,28-29,33-34H,6-7,10-11,16-18H2;1-5,7,9-10,16,18,20-21H,6,8,11-12H2;2,4-5,10-11H,1,3,6H2;;5*1H;;/q;;;;;;;;;+2;+3/p-5. The zero-order valence-corrected chi connectivity index (χ0v) is 57.0. The monoisotopic (exact) mass is 1740 g/mol. The molecule has 8 atom stereocenters. The number of hydrogen-bond donors (Lipinski definition) is 4. The Kier molecular flexibility index (Phi) is 30.2. The molecular weight excluding hydrogens is 1680 g/mol. The molecule has 0 aromatic heterocycles. The number of epoxide rings is 1. The average molecular weight is 1740 g/mol. The number of benzene rings is 6. The Morgan fingerprint density at radius 3 is 1.26 bits per heavy atom. The van der Waals surface area contributed by atoms with Crippen molar-refractivity contribution < 1.29 is 71.0 Å². The number of hydrogen-bond acceptors (Lipinski definition) is 10. The van der Waals surface area contributed by atoms with Crippen LogP contribution >= 0.6 is 99.9 Å². The number of rotatable bonds is 14. The van der Waals surface area contributed by atoms with Crippen molar-refractivity contribution in [3.8, 4) is 23.0 Å². The van der Waals surface area contributed by atoms with Crippen molar-refractivity contribution in [3.63, 3.8) is 0 Å². The van der Waals surface area contributed by atoms with Crippen LogP contribution in [0.25, 0.3) is 0 Å². The zero-order valence-electron chi connectivity index (χ0n) is 43.4. The summed E-state index contributed by atoms with van der Waals surface area (Å²) in [7, 11) is 0.628. The quantitative estimate of drug-likeness (QED) is 0.0363. The first-order valence-corrected chi connectivity index (χ1v) is 48.3. The summed E-state index contributed by atoms with van der Waals surface area (Å²) in [4.78, 5) is 1.73. The summed E-state index contributed by atoms with van der Waals surface area (Å²) in [5.74, 6) is 1.69. The van der Waals surface area contributed by atoms with Gasteiger partial charge in [0.1, 0.15) is 95.1 Å². The first kappa shape index (κ1) is 68.0. The number of aliphatic hydroxyl groups is 3. The minimum absolute atomic E-state index is 0. The molecule has 8 unspecified atom stereocenters. The van der Waals surface area contributed by atoms with Crippen LogP contribution in [0.5, 0.6) is 23.0 Å². The minimum atomic E-state index is -0.796. The van der Waals surface area contributed by atoms with Gasteiger partial charge in [-0.25, -0.2) is 17.6 Å². The van der Waals surface area contributed by atoms with E-state index in [9.17, 15) is 32.9 Å². The van der Waals surface area contributed by atoms with Gasteiger partial charge in [-0.1, -0.05) is 60.7 Å². The molecule has 0 bridgehead atoms. The number of fused-ring (bicyclic) bond motifs is 4. The van der Waals surface area contributed by atoms with Crippen molar-refractivity contribution in [3.05, 3.63) is 190 Å². The first-order chi connectivity index (χ1) is 38.1. The maximum atomic E-state index is 13.5. The van der Waals surface area contributed by atoms with Gasteiger partial charge in [-0.15, -0.1) is 0 Å². The van der Waals surface area contributed by atoms with Crippen LogP contribution in [0.15, 0.2) is 133 Å². The molecule has 0 spiro atoms. The molecule has 11 rings (SSSR count). The van der Waals surface area contributed by atoms with E-state index in [2.05, 4.69) is 105 Å². The number of ether oxygens (including phenoxy) is 5. The SMILES string of the molecule is Fc1ccc2c(c1)CCC(C1CO1)O2.OC(CN(Cc1ccccc1)CC(O)C1CCc2cc(F)ccc2O1)C1CCc2cc(F)ccc2O1.OC(CNCc1ccccc1)C1CCc2cc(F)ccc2O1.[B].[I][V]([I])[I].[I][V][I]. The van der Waals surface area contributed by atoms with E-state index in [1.807, 2.05) is 65.6 Å². The van der Waals surface area contributed by atoms with Gasteiger partial charge in [-0.3, -0.25) is 4.90 Å². The van der Waals surface area contributed by atoms with Gasteiger partial charge in [0.15, 0.2) is 0 Å². The van der Waals surface area contributed by atoms with E-state index in [0.717, 1.165) is 59.4 Å². The van der Waals surface area contributed by atoms with Gasteiger partial charge in [0.05, 0.1) is 6.61 Å². The molecule has 428 valence electrons. The Labute approximate surface area is 535 Å². The molecule has 5 aliphatic heterocycles. The van der Waals surface area contributed by atoms with Crippen LogP contribution in [0.1, 0.15) is 59.1 Å². The molecule has 80 heavy (non-hydrogen) atoms. The Morgan fingerprint density at radius 1 is 0.525 bits per heavy atom. The molecule has 6 aromatic carbocycles. The fourth-order valence-electron chi connectivity index (χ4n) is 9.76. The van der Waals surface area contributed by atoms with E-state index in [0.29, 0.717) is 91.5 Å². The summed E-state index contributed by atoms with van der Waals surface area (Å²) in [5, 5.41) is 35.7. The second-order valence-electron chi connectivity index (χ2n) is 19.4. The molecule has 1 saturated heterocycles. The summed E-state index contributed by atoms with van der Waals surface area (Å²) in [5.41, 5.74) is 5.71. The molecule has 5 heterocycles. The second kappa shape index (κ2) is 35.5. The van der Waals surface area contributed by atoms with Crippen LogP contribution in [0.4, 0.5) is 17.6 Å². The molecule has 5 aliphatic rings. The first-order valence-electron chi connectivity index (χ1n) is 25.8. The van der Waals surface area contributed by atoms with Crippen LogP contribution in [-0.4, -0.2) is 104 Å². The summed E-state index contributed by atoms with van der Waals surface area (Å²) in [6.45, 7) is 3.12. The van der Waals surface area contributed by atoms with Gasteiger partial charge in [0.25, 0.3) is 0 Å². The van der Waals surface area contributed by atoms with Gasteiger partial charge in [0, 0.05) is 41.1 Å². The Balaban J connectivity index is 0.000000198. The van der Waals surface area contributed by atoms with Gasteiger partial charge >= 0.3 is 114 Å². The third-order valence-electron chi connectivity index (χ3n) is 13.7. The van der Waals surface area contributed by atoms with Crippen molar-refractivity contribution >= 4 is 108 Å². The van der Waals surface area contributed by atoms with Crippen molar-refractivity contribution in [2.24, 2.45) is 0 Å². The van der Waals surface area contributed by atoms with E-state index in [1.165, 1.54) is 48.0 Å². The third-order valence-corrected chi connectivity index (χ3v) is 13.7. The van der Waals surface area contributed by atoms with Crippen molar-refractivity contribution in [1.29, 1.82) is 0 Å². The number of halogens is 9. The molecule has 4 N–H and O–H groups in total. The third kappa shape index (κ3) is 22.6. The normalized spacial score (nSPS) is 20.1. The number of aliphatic hydroxyl groups excluding tert-OH is 3. The molecule has 10 nitrogen and oxygen atoms in total.